The summed E-state index contributed by atoms with van der Waals surface area (Å²) in [7, 11) is -3.36. The van der Waals surface area contributed by atoms with Crippen molar-refractivity contribution in [1.29, 1.82) is 0 Å². The molecule has 0 atom stereocenters. The van der Waals surface area contributed by atoms with E-state index in [-0.39, 0.29) is 21.4 Å². The quantitative estimate of drug-likeness (QED) is 0.693. The number of thiazole rings is 1. The van der Waals surface area contributed by atoms with Crippen molar-refractivity contribution in [1.82, 2.24) is 4.98 Å². The van der Waals surface area contributed by atoms with E-state index in [4.69, 9.17) is 0 Å². The molecule has 3 rings (SSSR count). The van der Waals surface area contributed by atoms with Crippen LogP contribution in [0.1, 0.15) is 16.0 Å². The smallest absolute Gasteiger partial charge is 0.307 e. The largest absolute Gasteiger partial charge is 0.494 e. The first kappa shape index (κ1) is 17.4. The predicted octanol–water partition coefficient (Wildman–Crippen LogP) is 2.75. The summed E-state index contributed by atoms with van der Waals surface area (Å²) in [6, 6.07) is 16.1. The van der Waals surface area contributed by atoms with E-state index in [2.05, 4.69) is 4.98 Å². The Balaban J connectivity index is 1.70. The highest BCUT2D eigenvalue weighted by Gasteiger charge is 2.15. The number of aryl methyl sites for hydroxylation is 1. The van der Waals surface area contributed by atoms with Crippen molar-refractivity contribution in [2.75, 3.05) is 5.75 Å². The highest BCUT2D eigenvalue weighted by molar-refractivity contribution is 7.91. The molecule has 0 aliphatic carbocycles. The summed E-state index contributed by atoms with van der Waals surface area (Å²) in [6.07, 6.45) is 0.843. The number of rotatable bonds is 6. The molecule has 0 amide bonds. The maximum absolute atomic E-state index is 12.4. The number of sulfone groups is 1. The molecule has 2 aromatic carbocycles. The van der Waals surface area contributed by atoms with Gasteiger partial charge in [-0.05, 0) is 29.7 Å². The number of aromatic hydroxyl groups is 1. The number of H-pyrrole nitrogens is 1. The van der Waals surface area contributed by atoms with E-state index in [9.17, 15) is 18.3 Å². The van der Waals surface area contributed by atoms with Crippen LogP contribution in [0.4, 0.5) is 0 Å². The second kappa shape index (κ2) is 7.25. The summed E-state index contributed by atoms with van der Waals surface area (Å²) in [5.41, 5.74) is 1.81. The zero-order valence-electron chi connectivity index (χ0n) is 13.3. The minimum absolute atomic E-state index is 0.0522. The van der Waals surface area contributed by atoms with Gasteiger partial charge in [0.2, 0.25) is 5.88 Å². The lowest BCUT2D eigenvalue weighted by Crippen LogP contribution is -2.09. The van der Waals surface area contributed by atoms with Gasteiger partial charge in [0.05, 0.1) is 15.5 Å². The fourth-order valence-electron chi connectivity index (χ4n) is 2.49. The first-order valence-electron chi connectivity index (χ1n) is 7.70. The minimum atomic E-state index is -3.36. The normalized spacial score (nSPS) is 11.5. The molecule has 3 aromatic rings. The standard InChI is InChI=1S/C18H17NO4S2/c20-17-16(24-18(21)19-17)12-14-6-8-15(9-7-14)25(22,23)11-10-13-4-2-1-3-5-13/h1-9,20H,10-12H2,(H,19,21). The summed E-state index contributed by atoms with van der Waals surface area (Å²) in [5.74, 6) is -0.0779. The van der Waals surface area contributed by atoms with Gasteiger partial charge in [0, 0.05) is 6.42 Å². The topological polar surface area (TPSA) is 87.2 Å². The predicted molar refractivity (Wildman–Crippen MR) is 98.1 cm³/mol. The van der Waals surface area contributed by atoms with Gasteiger partial charge in [-0.15, -0.1) is 0 Å². The Morgan fingerprint density at radius 3 is 2.24 bits per heavy atom. The molecule has 5 nitrogen and oxygen atoms in total. The van der Waals surface area contributed by atoms with Gasteiger partial charge in [-0.25, -0.2) is 8.42 Å². The third kappa shape index (κ3) is 4.37. The lowest BCUT2D eigenvalue weighted by molar-refractivity contribution is 0.451. The fourth-order valence-corrected chi connectivity index (χ4v) is 4.54. The first-order valence-corrected chi connectivity index (χ1v) is 10.2. The Bertz CT molecular complexity index is 1000. The Hall–Kier alpha value is -2.38. The lowest BCUT2D eigenvalue weighted by atomic mass is 10.1. The lowest BCUT2D eigenvalue weighted by Gasteiger charge is -2.06. The van der Waals surface area contributed by atoms with E-state index in [1.54, 1.807) is 24.3 Å². The summed E-state index contributed by atoms with van der Waals surface area (Å²) in [5, 5.41) is 9.61. The summed E-state index contributed by atoms with van der Waals surface area (Å²) in [6.45, 7) is 0. The Morgan fingerprint density at radius 2 is 1.64 bits per heavy atom. The average Bonchev–Trinajstić information content (AvgIpc) is 2.92. The van der Waals surface area contributed by atoms with E-state index in [0.29, 0.717) is 17.7 Å². The number of nitrogens with one attached hydrogen (secondary N) is 1. The van der Waals surface area contributed by atoms with Gasteiger partial charge in [0.1, 0.15) is 0 Å². The highest BCUT2D eigenvalue weighted by Crippen LogP contribution is 2.21. The maximum atomic E-state index is 12.4. The van der Waals surface area contributed by atoms with Crippen molar-refractivity contribution in [2.24, 2.45) is 0 Å². The fraction of sp³-hybridized carbons (Fsp3) is 0.167. The Labute approximate surface area is 149 Å². The van der Waals surface area contributed by atoms with Crippen molar-refractivity contribution in [3.63, 3.8) is 0 Å². The second-order valence-corrected chi connectivity index (χ2v) is 8.84. The summed E-state index contributed by atoms with van der Waals surface area (Å²) < 4.78 is 24.9. The van der Waals surface area contributed by atoms with Gasteiger partial charge in [-0.1, -0.05) is 53.8 Å². The SMILES string of the molecule is O=c1[nH]c(O)c(Cc2ccc(S(=O)(=O)CCc3ccccc3)cc2)s1. The van der Waals surface area contributed by atoms with Crippen molar-refractivity contribution in [3.8, 4) is 5.88 Å². The van der Waals surface area contributed by atoms with E-state index in [1.165, 1.54) is 0 Å². The summed E-state index contributed by atoms with van der Waals surface area (Å²) >= 11 is 0.945. The van der Waals surface area contributed by atoms with Crippen LogP contribution in [-0.2, 0) is 22.7 Å². The summed E-state index contributed by atoms with van der Waals surface area (Å²) in [4.78, 5) is 14.0. The van der Waals surface area contributed by atoms with Crippen LogP contribution < -0.4 is 4.87 Å². The second-order valence-electron chi connectivity index (χ2n) is 5.66. The van der Waals surface area contributed by atoms with Crippen LogP contribution in [0.5, 0.6) is 5.88 Å². The third-order valence-electron chi connectivity index (χ3n) is 3.85. The van der Waals surface area contributed by atoms with Gasteiger partial charge in [-0.2, -0.15) is 0 Å². The van der Waals surface area contributed by atoms with E-state index >= 15 is 0 Å². The molecule has 1 aromatic heterocycles. The number of aromatic amines is 1. The molecular weight excluding hydrogens is 358 g/mol. The molecule has 130 valence electrons. The first-order chi connectivity index (χ1) is 11.9. The highest BCUT2D eigenvalue weighted by atomic mass is 32.2. The van der Waals surface area contributed by atoms with E-state index < -0.39 is 9.84 Å². The average molecular weight is 375 g/mol. The molecule has 25 heavy (non-hydrogen) atoms. The van der Waals surface area contributed by atoms with Gasteiger partial charge < -0.3 is 5.11 Å². The minimum Gasteiger partial charge on any atom is -0.494 e. The third-order valence-corrected chi connectivity index (χ3v) is 6.45. The number of aromatic nitrogens is 1. The molecular formula is C18H17NO4S2. The molecule has 1 heterocycles. The van der Waals surface area contributed by atoms with Crippen molar-refractivity contribution in [2.45, 2.75) is 17.7 Å². The van der Waals surface area contributed by atoms with Gasteiger partial charge in [0.25, 0.3) is 0 Å². The number of hydrogen-bond acceptors (Lipinski definition) is 5. The van der Waals surface area contributed by atoms with Gasteiger partial charge in [-0.3, -0.25) is 9.78 Å². The molecule has 0 radical (unpaired) electrons. The number of benzene rings is 2. The zero-order valence-corrected chi connectivity index (χ0v) is 14.9. The van der Waals surface area contributed by atoms with Crippen molar-refractivity contribution in [3.05, 3.63) is 80.3 Å². The maximum Gasteiger partial charge on any atom is 0.307 e. The van der Waals surface area contributed by atoms with Crippen molar-refractivity contribution < 1.29 is 13.5 Å². The van der Waals surface area contributed by atoms with Crippen LogP contribution >= 0.6 is 11.3 Å². The molecule has 0 saturated heterocycles. The van der Waals surface area contributed by atoms with Crippen LogP contribution in [0, 0.1) is 0 Å². The van der Waals surface area contributed by atoms with Gasteiger partial charge in [0.15, 0.2) is 9.84 Å². The van der Waals surface area contributed by atoms with Gasteiger partial charge >= 0.3 is 4.87 Å². The molecule has 0 fully saturated rings. The Kier molecular flexibility index (Phi) is 5.06. The molecule has 2 N–H and O–H groups in total. The molecule has 0 saturated carbocycles. The van der Waals surface area contributed by atoms with E-state index in [1.807, 2.05) is 30.3 Å². The molecule has 0 aliphatic rings. The molecule has 0 unspecified atom stereocenters. The van der Waals surface area contributed by atoms with Crippen LogP contribution in [0.15, 0.2) is 64.3 Å². The van der Waals surface area contributed by atoms with Crippen LogP contribution in [0.3, 0.4) is 0 Å². The molecule has 0 spiro atoms. The monoisotopic (exact) mass is 375 g/mol. The number of hydrogen-bond donors (Lipinski definition) is 2. The van der Waals surface area contributed by atoms with E-state index in [0.717, 1.165) is 22.5 Å². The van der Waals surface area contributed by atoms with Crippen LogP contribution in [0.2, 0.25) is 0 Å². The zero-order chi connectivity index (χ0) is 17.9. The van der Waals surface area contributed by atoms with Crippen LogP contribution in [0.25, 0.3) is 0 Å². The molecule has 7 heteroatoms. The Morgan fingerprint density at radius 1 is 0.960 bits per heavy atom. The van der Waals surface area contributed by atoms with Crippen molar-refractivity contribution >= 4 is 21.2 Å². The molecule has 0 aliphatic heterocycles. The molecule has 0 bridgehead atoms. The van der Waals surface area contributed by atoms with Crippen LogP contribution in [-0.4, -0.2) is 24.3 Å².